The van der Waals surface area contributed by atoms with Gasteiger partial charge in [0, 0.05) is 0 Å². The summed E-state index contributed by atoms with van der Waals surface area (Å²) in [7, 11) is -12.2. The van der Waals surface area contributed by atoms with Crippen molar-refractivity contribution in [3.05, 3.63) is 12.2 Å². The molecule has 1 N–H and O–H groups in total. The van der Waals surface area contributed by atoms with Crippen molar-refractivity contribution in [2.24, 2.45) is 0 Å². The molecule has 0 aromatic rings. The van der Waals surface area contributed by atoms with Gasteiger partial charge in [0.1, 0.15) is 0 Å². The summed E-state index contributed by atoms with van der Waals surface area (Å²) in [4.78, 5) is 0. The predicted octanol–water partition coefficient (Wildman–Crippen LogP) is 0.719. The Morgan fingerprint density at radius 2 is 1.39 bits per heavy atom. The Morgan fingerprint density at radius 3 is 1.72 bits per heavy atom. The topological polar surface area (TPSA) is 80.3 Å². The van der Waals surface area contributed by atoms with Crippen molar-refractivity contribution in [3.8, 4) is 0 Å². The lowest BCUT2D eigenvalue weighted by Crippen LogP contribution is -2.72. The molecule has 106 valence electrons. The molecule has 1 aliphatic heterocycles. The zero-order valence-corrected chi connectivity index (χ0v) is 10.2. The van der Waals surface area contributed by atoms with E-state index in [1.54, 1.807) is 0 Å². The van der Waals surface area contributed by atoms with Crippen LogP contribution in [0.25, 0.3) is 0 Å². The average molecular weight is 315 g/mol. The lowest BCUT2D eigenvalue weighted by atomic mass is 10.1. The maximum Gasteiger partial charge on any atom is 0.426 e. The third-order valence-corrected chi connectivity index (χ3v) is 6.28. The molecule has 1 aliphatic rings. The molecule has 12 heteroatoms. The summed E-state index contributed by atoms with van der Waals surface area (Å²) in [6.45, 7) is 2.97. The molecule has 0 aromatic heterocycles. The van der Waals surface area contributed by atoms with Gasteiger partial charge in [-0.25, -0.2) is 21.2 Å². The van der Waals surface area contributed by atoms with E-state index in [4.69, 9.17) is 0 Å². The first-order valence-corrected chi connectivity index (χ1v) is 7.00. The maximum atomic E-state index is 13.8. The fraction of sp³-hybridized carbons (Fsp3) is 0.667. The second kappa shape index (κ2) is 3.42. The lowest BCUT2D eigenvalue weighted by Gasteiger charge is -2.40. The molecule has 1 saturated heterocycles. The minimum absolute atomic E-state index is 0.228. The monoisotopic (exact) mass is 315 g/mol. The van der Waals surface area contributed by atoms with E-state index in [0.717, 1.165) is 0 Å². The van der Waals surface area contributed by atoms with Crippen LogP contribution in [-0.4, -0.2) is 33.0 Å². The summed E-state index contributed by atoms with van der Waals surface area (Å²) in [6, 6.07) is 0. The molecular weight excluding hydrogens is 309 g/mol. The smallest absolute Gasteiger partial charge is 0.213 e. The minimum atomic E-state index is -6.28. The van der Waals surface area contributed by atoms with Crippen molar-refractivity contribution in [1.82, 2.24) is 4.13 Å². The SMILES string of the molecule is C=C(C)C1(F)C(F)(F)C(F)(F)S(=O)(=O)NS1(=O)=O. The molecule has 0 radical (unpaired) electrons. The molecule has 5 nitrogen and oxygen atoms in total. The predicted molar refractivity (Wildman–Crippen MR) is 49.5 cm³/mol. The summed E-state index contributed by atoms with van der Waals surface area (Å²) < 4.78 is 110. The first kappa shape index (κ1) is 15.3. The molecule has 0 aromatic carbocycles. The largest absolute Gasteiger partial charge is 0.426 e. The third-order valence-electron chi connectivity index (χ3n) is 2.25. The van der Waals surface area contributed by atoms with Gasteiger partial charge in [-0.05, 0) is 12.5 Å². The van der Waals surface area contributed by atoms with Gasteiger partial charge < -0.3 is 0 Å². The van der Waals surface area contributed by atoms with Crippen molar-refractivity contribution >= 4 is 20.0 Å². The van der Waals surface area contributed by atoms with Gasteiger partial charge in [0.25, 0.3) is 20.0 Å². The van der Waals surface area contributed by atoms with Gasteiger partial charge in [-0.1, -0.05) is 6.58 Å². The van der Waals surface area contributed by atoms with Crippen LogP contribution >= 0.6 is 0 Å². The van der Waals surface area contributed by atoms with Gasteiger partial charge in [-0.2, -0.15) is 17.6 Å². The standard InChI is InChI=1S/C6H6F5NO4S2/c1-3(2)4(7)5(8,9)6(10,11)18(15,16)12-17(4,13)14/h12H,1H2,2H3. The van der Waals surface area contributed by atoms with E-state index in [-0.39, 0.29) is 4.13 Å². The molecule has 0 amide bonds. The molecule has 0 aliphatic carbocycles. The molecular formula is C6H6F5NO4S2. The number of halogens is 5. The molecule has 1 heterocycles. The molecule has 1 atom stereocenters. The van der Waals surface area contributed by atoms with E-state index in [1.165, 1.54) is 0 Å². The summed E-state index contributed by atoms with van der Waals surface area (Å²) in [5.41, 5.74) is -1.48. The maximum absolute atomic E-state index is 13.8. The van der Waals surface area contributed by atoms with Crippen molar-refractivity contribution < 1.29 is 38.8 Å². The highest BCUT2D eigenvalue weighted by Gasteiger charge is 2.85. The second-order valence-electron chi connectivity index (χ2n) is 3.56. The summed E-state index contributed by atoms with van der Waals surface area (Å²) in [5.74, 6) is -6.02. The number of rotatable bonds is 1. The molecule has 0 bridgehead atoms. The van der Waals surface area contributed by atoms with Crippen LogP contribution < -0.4 is 4.13 Å². The Balaban J connectivity index is 3.84. The van der Waals surface area contributed by atoms with Crippen LogP contribution in [-0.2, 0) is 20.0 Å². The zero-order valence-electron chi connectivity index (χ0n) is 8.55. The Hall–Kier alpha value is -0.750. The highest BCUT2D eigenvalue weighted by atomic mass is 32.3. The van der Waals surface area contributed by atoms with Crippen LogP contribution in [0.3, 0.4) is 0 Å². The molecule has 1 rings (SSSR count). The number of hydrogen-bond acceptors (Lipinski definition) is 4. The number of alkyl halides is 5. The van der Waals surface area contributed by atoms with Crippen molar-refractivity contribution in [2.45, 2.75) is 23.1 Å². The van der Waals surface area contributed by atoms with Gasteiger partial charge in [0.15, 0.2) is 0 Å². The fourth-order valence-electron chi connectivity index (χ4n) is 1.28. The van der Waals surface area contributed by atoms with E-state index in [9.17, 15) is 38.8 Å². The van der Waals surface area contributed by atoms with Crippen LogP contribution in [0, 0.1) is 0 Å². The van der Waals surface area contributed by atoms with Crippen LogP contribution in [0.4, 0.5) is 22.0 Å². The van der Waals surface area contributed by atoms with E-state index < -0.39 is 41.8 Å². The normalized spacial score (nSPS) is 35.9. The van der Waals surface area contributed by atoms with Gasteiger partial charge in [-0.15, -0.1) is 4.13 Å². The van der Waals surface area contributed by atoms with Crippen LogP contribution in [0.5, 0.6) is 0 Å². The van der Waals surface area contributed by atoms with Crippen LogP contribution in [0.15, 0.2) is 12.2 Å². The van der Waals surface area contributed by atoms with E-state index >= 15 is 0 Å². The number of sulfonamides is 2. The van der Waals surface area contributed by atoms with Gasteiger partial charge in [0.2, 0.25) is 0 Å². The Labute approximate surface area is 98.8 Å². The van der Waals surface area contributed by atoms with Gasteiger partial charge >= 0.3 is 16.2 Å². The van der Waals surface area contributed by atoms with Crippen molar-refractivity contribution in [3.63, 3.8) is 0 Å². The summed E-state index contributed by atoms with van der Waals surface area (Å²) in [6.07, 6.45) is 0. The lowest BCUT2D eigenvalue weighted by molar-refractivity contribution is -0.201. The molecule has 18 heavy (non-hydrogen) atoms. The van der Waals surface area contributed by atoms with Gasteiger partial charge in [-0.3, -0.25) is 0 Å². The zero-order chi connectivity index (χ0) is 14.8. The highest BCUT2D eigenvalue weighted by molar-refractivity contribution is 8.06. The summed E-state index contributed by atoms with van der Waals surface area (Å²) in [5, 5.41) is -10.9. The van der Waals surface area contributed by atoms with Crippen LogP contribution in [0.1, 0.15) is 6.92 Å². The Morgan fingerprint density at radius 1 is 1.00 bits per heavy atom. The van der Waals surface area contributed by atoms with Crippen molar-refractivity contribution in [1.29, 1.82) is 0 Å². The van der Waals surface area contributed by atoms with Crippen LogP contribution in [0.2, 0.25) is 0 Å². The fourth-order valence-corrected chi connectivity index (χ4v) is 4.78. The average Bonchev–Trinajstić information content (AvgIpc) is 2.11. The number of nitrogens with one attached hydrogen (secondary N) is 1. The molecule has 1 unspecified atom stereocenters. The highest BCUT2D eigenvalue weighted by Crippen LogP contribution is 2.55. The van der Waals surface area contributed by atoms with E-state index in [2.05, 4.69) is 6.58 Å². The van der Waals surface area contributed by atoms with Crippen molar-refractivity contribution in [2.75, 3.05) is 0 Å². The van der Waals surface area contributed by atoms with Gasteiger partial charge in [0.05, 0.1) is 0 Å². The number of hydrogen-bond donors (Lipinski definition) is 1. The molecule has 0 spiro atoms. The third kappa shape index (κ3) is 1.39. The van der Waals surface area contributed by atoms with E-state index in [0.29, 0.717) is 6.92 Å². The van der Waals surface area contributed by atoms with E-state index in [1.807, 2.05) is 0 Å². The minimum Gasteiger partial charge on any atom is -0.213 e. The second-order valence-corrected chi connectivity index (χ2v) is 7.31. The first-order valence-electron chi connectivity index (χ1n) is 4.03. The first-order chi connectivity index (χ1) is 7.65. The molecule has 0 saturated carbocycles. The quantitative estimate of drug-likeness (QED) is 0.571. The Bertz CT molecular complexity index is 610. The Kier molecular flexibility index (Phi) is 2.91. The molecule has 1 fully saturated rings. The summed E-state index contributed by atoms with van der Waals surface area (Å²) >= 11 is 0.